The molecule has 2 N–H and O–H groups in total. The van der Waals surface area contributed by atoms with Gasteiger partial charge in [0.15, 0.2) is 5.96 Å². The average molecular weight is 564 g/mol. The zero-order chi connectivity index (χ0) is 19.1. The third-order valence-electron chi connectivity index (χ3n) is 5.82. The lowest BCUT2D eigenvalue weighted by Crippen LogP contribution is -2.49. The average Bonchev–Trinajstić information content (AvgIpc) is 3.48. The van der Waals surface area contributed by atoms with Gasteiger partial charge in [0.2, 0.25) is 0 Å². The van der Waals surface area contributed by atoms with Crippen LogP contribution < -0.4 is 10.6 Å². The highest BCUT2D eigenvalue weighted by molar-refractivity contribution is 14.0. The lowest BCUT2D eigenvalue weighted by molar-refractivity contribution is 0.139. The highest BCUT2D eigenvalue weighted by Gasteiger charge is 2.45. The number of piperazine rings is 1. The summed E-state index contributed by atoms with van der Waals surface area (Å²) in [6.45, 7) is 14.0. The minimum atomic E-state index is 0. The van der Waals surface area contributed by atoms with Crippen LogP contribution in [0.1, 0.15) is 32.3 Å². The van der Waals surface area contributed by atoms with Crippen LogP contribution in [0.4, 0.5) is 0 Å². The number of halogens is 2. The predicted molar refractivity (Wildman–Crippen MR) is 133 cm³/mol. The van der Waals surface area contributed by atoms with E-state index in [1.807, 2.05) is 0 Å². The summed E-state index contributed by atoms with van der Waals surface area (Å²) in [4.78, 5) is 9.99. The lowest BCUT2D eigenvalue weighted by atomic mass is 9.96. The molecule has 0 bridgehead atoms. The van der Waals surface area contributed by atoms with Crippen molar-refractivity contribution in [1.82, 2.24) is 20.4 Å². The van der Waals surface area contributed by atoms with E-state index in [0.29, 0.717) is 0 Å². The Labute approximate surface area is 195 Å². The quantitative estimate of drug-likeness (QED) is 0.289. The molecule has 7 heteroatoms. The monoisotopic (exact) mass is 563 g/mol. The third kappa shape index (κ3) is 6.57. The molecule has 2 fully saturated rings. The Bertz CT molecular complexity index is 627. The number of hydrogen-bond donors (Lipinski definition) is 2. The summed E-state index contributed by atoms with van der Waals surface area (Å²) in [7, 11) is 0. The molecule has 1 aliphatic heterocycles. The number of guanidine groups is 1. The Hall–Kier alpha value is -0.380. The molecule has 0 unspecified atom stereocenters. The number of nitrogens with one attached hydrogen (secondary N) is 2. The zero-order valence-electron chi connectivity index (χ0n) is 17.2. The number of aliphatic imine (C=N–C) groups is 1. The van der Waals surface area contributed by atoms with Gasteiger partial charge in [-0.2, -0.15) is 0 Å². The summed E-state index contributed by atoms with van der Waals surface area (Å²) >= 11 is 3.72. The fourth-order valence-corrected chi connectivity index (χ4v) is 4.49. The van der Waals surface area contributed by atoms with Gasteiger partial charge in [0.25, 0.3) is 0 Å². The van der Waals surface area contributed by atoms with Crippen molar-refractivity contribution < 1.29 is 0 Å². The van der Waals surface area contributed by atoms with Crippen molar-refractivity contribution in [2.45, 2.75) is 32.1 Å². The molecule has 28 heavy (non-hydrogen) atoms. The van der Waals surface area contributed by atoms with Crippen LogP contribution in [-0.2, 0) is 5.41 Å². The van der Waals surface area contributed by atoms with Crippen molar-refractivity contribution in [3.8, 4) is 0 Å². The van der Waals surface area contributed by atoms with E-state index >= 15 is 0 Å². The Morgan fingerprint density at radius 1 is 1.07 bits per heavy atom. The van der Waals surface area contributed by atoms with Crippen LogP contribution in [0.3, 0.4) is 0 Å². The lowest BCUT2D eigenvalue weighted by Gasteiger charge is -2.34. The Kier molecular flexibility index (Phi) is 10.00. The van der Waals surface area contributed by atoms with Crippen molar-refractivity contribution in [3.05, 3.63) is 34.3 Å². The molecule has 1 saturated carbocycles. The Morgan fingerprint density at radius 2 is 1.75 bits per heavy atom. The number of hydrogen-bond acceptors (Lipinski definition) is 3. The van der Waals surface area contributed by atoms with E-state index in [1.54, 1.807) is 0 Å². The molecule has 3 rings (SSSR count). The van der Waals surface area contributed by atoms with Crippen LogP contribution in [0.15, 0.2) is 33.7 Å². The molecular weight excluding hydrogens is 529 g/mol. The maximum absolute atomic E-state index is 4.92. The molecule has 1 heterocycles. The molecule has 0 aromatic heterocycles. The fraction of sp³-hybridized carbons (Fsp3) is 0.667. The highest BCUT2D eigenvalue weighted by atomic mass is 127. The third-order valence-corrected chi connectivity index (χ3v) is 6.51. The van der Waals surface area contributed by atoms with E-state index in [9.17, 15) is 0 Å². The second-order valence-corrected chi connectivity index (χ2v) is 8.51. The van der Waals surface area contributed by atoms with Crippen LogP contribution in [0.2, 0.25) is 0 Å². The van der Waals surface area contributed by atoms with E-state index in [-0.39, 0.29) is 29.4 Å². The fourth-order valence-electron chi connectivity index (χ4n) is 3.79. The molecule has 158 valence electrons. The van der Waals surface area contributed by atoms with Gasteiger partial charge < -0.3 is 15.5 Å². The van der Waals surface area contributed by atoms with Crippen molar-refractivity contribution in [2.24, 2.45) is 4.99 Å². The maximum atomic E-state index is 4.92. The minimum Gasteiger partial charge on any atom is -0.357 e. The maximum Gasteiger partial charge on any atom is 0.191 e. The molecule has 1 aromatic rings. The van der Waals surface area contributed by atoms with Gasteiger partial charge in [0.05, 0.1) is 6.54 Å². The van der Waals surface area contributed by atoms with E-state index in [4.69, 9.17) is 4.99 Å². The smallest absolute Gasteiger partial charge is 0.191 e. The molecule has 0 spiro atoms. The van der Waals surface area contributed by atoms with Crippen LogP contribution in [-0.4, -0.2) is 74.7 Å². The van der Waals surface area contributed by atoms with Crippen LogP contribution >= 0.6 is 39.9 Å². The summed E-state index contributed by atoms with van der Waals surface area (Å²) in [6, 6.07) is 8.59. The second-order valence-electron chi connectivity index (χ2n) is 7.66. The molecule has 0 amide bonds. The van der Waals surface area contributed by atoms with Gasteiger partial charge in [-0.1, -0.05) is 41.1 Å². The first-order chi connectivity index (χ1) is 13.2. The predicted octanol–water partition coefficient (Wildman–Crippen LogP) is 3.29. The minimum absolute atomic E-state index is 0. The molecule has 0 atom stereocenters. The van der Waals surface area contributed by atoms with Gasteiger partial charge in [0, 0.05) is 55.7 Å². The molecule has 5 nitrogen and oxygen atoms in total. The van der Waals surface area contributed by atoms with Crippen molar-refractivity contribution in [3.63, 3.8) is 0 Å². The van der Waals surface area contributed by atoms with E-state index < -0.39 is 0 Å². The van der Waals surface area contributed by atoms with Gasteiger partial charge in [-0.25, -0.2) is 0 Å². The summed E-state index contributed by atoms with van der Waals surface area (Å²) in [6.07, 6.45) is 2.44. The van der Waals surface area contributed by atoms with Crippen LogP contribution in [0.25, 0.3) is 0 Å². The van der Waals surface area contributed by atoms with E-state index in [2.05, 4.69) is 74.5 Å². The first kappa shape index (κ1) is 23.9. The first-order valence-electron chi connectivity index (χ1n) is 10.4. The number of likely N-dealkylation sites (N-methyl/N-ethyl adjacent to an activating group) is 1. The van der Waals surface area contributed by atoms with E-state index in [0.717, 1.165) is 32.1 Å². The highest BCUT2D eigenvalue weighted by Crippen LogP contribution is 2.50. The van der Waals surface area contributed by atoms with Crippen molar-refractivity contribution in [2.75, 3.05) is 58.9 Å². The first-order valence-corrected chi connectivity index (χ1v) is 11.2. The Morgan fingerprint density at radius 3 is 2.36 bits per heavy atom. The molecule has 0 radical (unpaired) electrons. The topological polar surface area (TPSA) is 42.9 Å². The molecule has 2 aliphatic rings. The molecule has 1 aromatic carbocycles. The zero-order valence-corrected chi connectivity index (χ0v) is 21.1. The largest absolute Gasteiger partial charge is 0.357 e. The summed E-state index contributed by atoms with van der Waals surface area (Å²) in [5, 5.41) is 6.93. The van der Waals surface area contributed by atoms with Gasteiger partial charge in [-0.05, 0) is 37.9 Å². The van der Waals surface area contributed by atoms with Gasteiger partial charge in [-0.15, -0.1) is 24.0 Å². The number of rotatable bonds is 8. The molecular formula is C21H35BrIN5. The van der Waals surface area contributed by atoms with Crippen LogP contribution in [0, 0.1) is 0 Å². The molecule has 1 aliphatic carbocycles. The summed E-state index contributed by atoms with van der Waals surface area (Å²) < 4.78 is 1.21. The van der Waals surface area contributed by atoms with Gasteiger partial charge >= 0.3 is 0 Å². The van der Waals surface area contributed by atoms with Crippen molar-refractivity contribution >= 4 is 45.9 Å². The normalized spacial score (nSPS) is 19.8. The summed E-state index contributed by atoms with van der Waals surface area (Å²) in [5.41, 5.74) is 1.62. The SMILES string of the molecule is CCNC(=NCC1(c2ccccc2Br)CC1)NCCN1CCN(CC)CC1.I. The van der Waals surface area contributed by atoms with Gasteiger partial charge in [-0.3, -0.25) is 9.89 Å². The van der Waals surface area contributed by atoms with Crippen LogP contribution in [0.5, 0.6) is 0 Å². The number of nitrogens with zero attached hydrogens (tertiary/aromatic N) is 3. The second kappa shape index (κ2) is 11.7. The Balaban J connectivity index is 0.00000280. The summed E-state index contributed by atoms with van der Waals surface area (Å²) in [5.74, 6) is 0.947. The standard InChI is InChI=1S/C21H34BrN5.HI/c1-3-23-20(24-11-12-27-15-13-26(4-2)14-16-27)25-17-21(9-10-21)18-7-5-6-8-19(18)22;/h5-8H,3-4,9-17H2,1-2H3,(H2,23,24,25);1H. The van der Waals surface area contributed by atoms with Crippen molar-refractivity contribution in [1.29, 1.82) is 0 Å². The molecule has 1 saturated heterocycles. The van der Waals surface area contributed by atoms with E-state index in [1.165, 1.54) is 55.6 Å². The van der Waals surface area contributed by atoms with Gasteiger partial charge in [0.1, 0.15) is 0 Å². The number of benzene rings is 1.